The molecule has 0 bridgehead atoms. The molecule has 1 aromatic carbocycles. The lowest BCUT2D eigenvalue weighted by Gasteiger charge is -2.35. The molecule has 1 spiro atoms. The van der Waals surface area contributed by atoms with Crippen LogP contribution in [0.15, 0.2) is 24.3 Å². The maximum atomic E-state index is 10.0. The first kappa shape index (κ1) is 14.6. The molecule has 0 unspecified atom stereocenters. The summed E-state index contributed by atoms with van der Waals surface area (Å²) in [6.07, 6.45) is 10.6. The number of terminal acetylenes is 1. The van der Waals surface area contributed by atoms with Crippen LogP contribution < -0.4 is 9.47 Å². The highest BCUT2D eigenvalue weighted by molar-refractivity contribution is 5.61. The van der Waals surface area contributed by atoms with Gasteiger partial charge in [0.15, 0.2) is 11.5 Å². The van der Waals surface area contributed by atoms with Crippen molar-refractivity contribution < 1.29 is 14.6 Å². The van der Waals surface area contributed by atoms with Crippen molar-refractivity contribution in [2.24, 2.45) is 0 Å². The summed E-state index contributed by atoms with van der Waals surface area (Å²) in [6.45, 7) is 2.39. The van der Waals surface area contributed by atoms with Gasteiger partial charge in [-0.2, -0.15) is 0 Å². The van der Waals surface area contributed by atoms with Crippen molar-refractivity contribution >= 4 is 0 Å². The van der Waals surface area contributed by atoms with Crippen LogP contribution in [-0.2, 0) is 12.0 Å². The van der Waals surface area contributed by atoms with Gasteiger partial charge in [-0.3, -0.25) is 4.90 Å². The Labute approximate surface area is 136 Å². The van der Waals surface area contributed by atoms with Crippen molar-refractivity contribution in [3.63, 3.8) is 0 Å². The number of benzene rings is 1. The minimum atomic E-state index is -0.445. The van der Waals surface area contributed by atoms with Crippen molar-refractivity contribution in [3.05, 3.63) is 35.4 Å². The second-order valence-electron chi connectivity index (χ2n) is 6.60. The summed E-state index contributed by atoms with van der Waals surface area (Å²) in [6, 6.07) is 4.09. The Morgan fingerprint density at radius 1 is 1.52 bits per heavy atom. The molecule has 2 aliphatic heterocycles. The molecule has 0 saturated heterocycles. The Bertz CT molecular complexity index is 705. The van der Waals surface area contributed by atoms with Crippen LogP contribution in [0.3, 0.4) is 0 Å². The predicted molar refractivity (Wildman–Crippen MR) is 87.6 cm³/mol. The number of ether oxygens (including phenoxy) is 2. The van der Waals surface area contributed by atoms with Gasteiger partial charge in [0, 0.05) is 25.1 Å². The molecule has 1 aliphatic carbocycles. The molecule has 23 heavy (non-hydrogen) atoms. The van der Waals surface area contributed by atoms with E-state index >= 15 is 0 Å². The van der Waals surface area contributed by atoms with E-state index in [9.17, 15) is 5.11 Å². The predicted octanol–water partition coefficient (Wildman–Crippen LogP) is 1.85. The highest BCUT2D eigenvalue weighted by Crippen LogP contribution is 2.55. The van der Waals surface area contributed by atoms with Crippen LogP contribution in [0.25, 0.3) is 0 Å². The number of methoxy groups -OCH3 is 1. The van der Waals surface area contributed by atoms with Gasteiger partial charge in [0.05, 0.1) is 25.2 Å². The third-order valence-corrected chi connectivity index (χ3v) is 5.35. The van der Waals surface area contributed by atoms with Crippen LogP contribution in [0.2, 0.25) is 0 Å². The molecule has 0 fully saturated rings. The van der Waals surface area contributed by atoms with Crippen molar-refractivity contribution in [1.82, 2.24) is 4.90 Å². The standard InChI is InChI=1S/C19H21NO3/c1-3-9-20-10-8-19-7-6-14(21)11-16(19)23-18-15(22-2)5-4-13(12-20)17(18)19/h1,4-7,14,16,21H,8-12H2,2H3/t14-,16-,19-/m0/s1. The molecular weight excluding hydrogens is 290 g/mol. The zero-order chi connectivity index (χ0) is 16.0. The Kier molecular flexibility index (Phi) is 3.37. The SMILES string of the molecule is C#CCN1CC[C@@]23C=C[C@H](O)C[C@@H]2Oc2c(OC)ccc(c23)C1. The van der Waals surface area contributed by atoms with E-state index in [2.05, 4.69) is 23.0 Å². The minimum Gasteiger partial charge on any atom is -0.493 e. The molecule has 0 aromatic heterocycles. The highest BCUT2D eigenvalue weighted by Gasteiger charge is 2.52. The van der Waals surface area contributed by atoms with Crippen LogP contribution in [0.4, 0.5) is 0 Å². The molecule has 4 rings (SSSR count). The molecule has 4 heteroatoms. The fourth-order valence-corrected chi connectivity index (χ4v) is 4.26. The Hall–Kier alpha value is -1.96. The minimum absolute atomic E-state index is 0.0432. The van der Waals surface area contributed by atoms with Gasteiger partial charge in [-0.1, -0.05) is 24.1 Å². The smallest absolute Gasteiger partial charge is 0.166 e. The molecule has 1 N–H and O–H groups in total. The lowest BCUT2D eigenvalue weighted by Crippen LogP contribution is -2.43. The quantitative estimate of drug-likeness (QED) is 0.669. The monoisotopic (exact) mass is 311 g/mol. The highest BCUT2D eigenvalue weighted by atomic mass is 16.5. The van der Waals surface area contributed by atoms with Crippen LogP contribution in [0.5, 0.6) is 11.5 Å². The summed E-state index contributed by atoms with van der Waals surface area (Å²) >= 11 is 0. The van der Waals surface area contributed by atoms with E-state index in [-0.39, 0.29) is 11.5 Å². The Morgan fingerprint density at radius 2 is 2.39 bits per heavy atom. The fourth-order valence-electron chi connectivity index (χ4n) is 4.26. The first-order chi connectivity index (χ1) is 11.2. The zero-order valence-corrected chi connectivity index (χ0v) is 13.3. The molecular formula is C19H21NO3. The van der Waals surface area contributed by atoms with Crippen molar-refractivity contribution in [2.75, 3.05) is 20.2 Å². The zero-order valence-electron chi connectivity index (χ0n) is 13.3. The summed E-state index contributed by atoms with van der Waals surface area (Å²) < 4.78 is 11.8. The van der Waals surface area contributed by atoms with Gasteiger partial charge in [-0.25, -0.2) is 0 Å². The summed E-state index contributed by atoms with van der Waals surface area (Å²) in [5.41, 5.74) is 2.29. The number of aliphatic hydroxyl groups excluding tert-OH is 1. The number of hydrogen-bond acceptors (Lipinski definition) is 4. The molecule has 120 valence electrons. The van der Waals surface area contributed by atoms with Crippen LogP contribution in [-0.4, -0.2) is 42.4 Å². The molecule has 3 aliphatic rings. The largest absolute Gasteiger partial charge is 0.493 e. The second-order valence-corrected chi connectivity index (χ2v) is 6.60. The topological polar surface area (TPSA) is 41.9 Å². The van der Waals surface area contributed by atoms with Crippen molar-refractivity contribution in [1.29, 1.82) is 0 Å². The fraction of sp³-hybridized carbons (Fsp3) is 0.474. The third kappa shape index (κ3) is 2.08. The summed E-state index contributed by atoms with van der Waals surface area (Å²) in [4.78, 5) is 2.30. The summed E-state index contributed by atoms with van der Waals surface area (Å²) in [5.74, 6) is 4.37. The maximum Gasteiger partial charge on any atom is 0.166 e. The van der Waals surface area contributed by atoms with E-state index in [1.165, 1.54) is 11.1 Å². The maximum absolute atomic E-state index is 10.0. The molecule has 4 nitrogen and oxygen atoms in total. The van der Waals surface area contributed by atoms with Gasteiger partial charge >= 0.3 is 0 Å². The van der Waals surface area contributed by atoms with Crippen molar-refractivity contribution in [2.45, 2.75) is 37.0 Å². The lowest BCUT2D eigenvalue weighted by molar-refractivity contribution is 0.0816. The van der Waals surface area contributed by atoms with E-state index in [0.29, 0.717) is 13.0 Å². The third-order valence-electron chi connectivity index (χ3n) is 5.35. The average molecular weight is 311 g/mol. The average Bonchev–Trinajstić information content (AvgIpc) is 2.79. The van der Waals surface area contributed by atoms with Crippen LogP contribution in [0, 0.1) is 12.3 Å². The number of hydrogen-bond donors (Lipinski definition) is 1. The normalized spacial score (nSPS) is 31.5. The molecule has 3 atom stereocenters. The first-order valence-electron chi connectivity index (χ1n) is 8.08. The van der Waals surface area contributed by atoms with Gasteiger partial charge in [-0.05, 0) is 18.1 Å². The van der Waals surface area contributed by atoms with E-state index < -0.39 is 6.10 Å². The van der Waals surface area contributed by atoms with Gasteiger partial charge in [-0.15, -0.1) is 6.42 Å². The number of rotatable bonds is 2. The van der Waals surface area contributed by atoms with Gasteiger partial charge in [0.2, 0.25) is 0 Å². The van der Waals surface area contributed by atoms with Gasteiger partial charge in [0.1, 0.15) is 6.10 Å². The molecule has 1 aromatic rings. The van der Waals surface area contributed by atoms with E-state index in [0.717, 1.165) is 31.0 Å². The van der Waals surface area contributed by atoms with Gasteiger partial charge < -0.3 is 14.6 Å². The van der Waals surface area contributed by atoms with Crippen LogP contribution >= 0.6 is 0 Å². The summed E-state index contributed by atoms with van der Waals surface area (Å²) in [5, 5.41) is 10.0. The van der Waals surface area contributed by atoms with Crippen molar-refractivity contribution in [3.8, 4) is 23.8 Å². The molecule has 0 radical (unpaired) electrons. The number of nitrogens with zero attached hydrogens (tertiary/aromatic N) is 1. The summed E-state index contributed by atoms with van der Waals surface area (Å²) in [7, 11) is 1.67. The Morgan fingerprint density at radius 3 is 3.17 bits per heavy atom. The Balaban J connectivity index is 1.89. The molecule has 2 heterocycles. The molecule has 0 saturated carbocycles. The second kappa shape index (κ2) is 5.30. The lowest BCUT2D eigenvalue weighted by atomic mass is 9.69. The van der Waals surface area contributed by atoms with Crippen LogP contribution in [0.1, 0.15) is 24.0 Å². The van der Waals surface area contributed by atoms with E-state index in [1.54, 1.807) is 7.11 Å². The van der Waals surface area contributed by atoms with Gasteiger partial charge in [0.25, 0.3) is 0 Å². The number of aliphatic hydroxyl groups is 1. The molecule has 0 amide bonds. The van der Waals surface area contributed by atoms with E-state index in [1.807, 2.05) is 12.1 Å². The van der Waals surface area contributed by atoms with E-state index in [4.69, 9.17) is 15.9 Å². The first-order valence-corrected chi connectivity index (χ1v) is 8.08.